The summed E-state index contributed by atoms with van der Waals surface area (Å²) in [7, 11) is 0. The lowest BCUT2D eigenvalue weighted by atomic mass is 9.95. The van der Waals surface area contributed by atoms with Crippen molar-refractivity contribution >= 4 is 5.71 Å². The van der Waals surface area contributed by atoms with Crippen LogP contribution in [0.3, 0.4) is 0 Å². The Morgan fingerprint density at radius 2 is 1.60 bits per heavy atom. The van der Waals surface area contributed by atoms with Gasteiger partial charge < -0.3 is 0 Å². The van der Waals surface area contributed by atoms with Gasteiger partial charge in [-0.1, -0.05) is 18.6 Å². The molecule has 15 heavy (non-hydrogen) atoms. The van der Waals surface area contributed by atoms with E-state index in [0.717, 1.165) is 0 Å². The first-order valence-electron chi connectivity index (χ1n) is 6.66. The van der Waals surface area contributed by atoms with Gasteiger partial charge in [-0.25, -0.2) is 0 Å². The lowest BCUT2D eigenvalue weighted by Crippen LogP contribution is -2.15. The maximum atomic E-state index is 4.91. The Hall–Kier alpha value is -0.590. The molecule has 1 fully saturated rings. The van der Waals surface area contributed by atoms with Crippen LogP contribution >= 0.6 is 0 Å². The predicted molar refractivity (Wildman–Crippen MR) is 66.5 cm³/mol. The third kappa shape index (κ3) is 3.81. The second kappa shape index (κ2) is 6.09. The molecule has 0 saturated heterocycles. The van der Waals surface area contributed by atoms with Crippen LogP contribution in [0.5, 0.6) is 0 Å². The fourth-order valence-corrected chi connectivity index (χ4v) is 2.34. The zero-order chi connectivity index (χ0) is 10.3. The molecule has 0 aromatic heterocycles. The Balaban J connectivity index is 1.82. The van der Waals surface area contributed by atoms with E-state index >= 15 is 0 Å². The average Bonchev–Trinajstić information content (AvgIpc) is 2.21. The van der Waals surface area contributed by atoms with E-state index < -0.39 is 0 Å². The van der Waals surface area contributed by atoms with Crippen molar-refractivity contribution in [2.24, 2.45) is 4.99 Å². The monoisotopic (exact) mass is 205 g/mol. The van der Waals surface area contributed by atoms with Crippen LogP contribution in [0.4, 0.5) is 0 Å². The van der Waals surface area contributed by atoms with Gasteiger partial charge in [0.05, 0.1) is 0 Å². The number of aliphatic imine (C=N–C) groups is 1. The molecule has 1 heteroatoms. The zero-order valence-corrected chi connectivity index (χ0v) is 9.75. The van der Waals surface area contributed by atoms with Gasteiger partial charge in [0.1, 0.15) is 0 Å². The fourth-order valence-electron chi connectivity index (χ4n) is 2.34. The third-order valence-corrected chi connectivity index (χ3v) is 3.53. The lowest BCUT2D eigenvalue weighted by molar-refractivity contribution is 0.512. The molecule has 1 nitrogen and oxygen atoms in total. The highest BCUT2D eigenvalue weighted by atomic mass is 14.8. The number of nitrogens with zero attached hydrogens (tertiary/aromatic N) is 1. The number of hydrogen-bond acceptors (Lipinski definition) is 1. The van der Waals surface area contributed by atoms with Gasteiger partial charge in [0.15, 0.2) is 0 Å². The second-order valence-electron chi connectivity index (χ2n) is 4.89. The summed E-state index contributed by atoms with van der Waals surface area (Å²) in [5.41, 5.74) is 1.51. The van der Waals surface area contributed by atoms with Gasteiger partial charge >= 0.3 is 0 Å². The van der Waals surface area contributed by atoms with Crippen molar-refractivity contribution in [2.75, 3.05) is 0 Å². The van der Waals surface area contributed by atoms with Crippen molar-refractivity contribution in [3.05, 3.63) is 12.2 Å². The van der Waals surface area contributed by atoms with Crippen molar-refractivity contribution in [3.63, 3.8) is 0 Å². The molecule has 1 saturated carbocycles. The predicted octanol–water partition coefficient (Wildman–Crippen LogP) is 4.28. The quantitative estimate of drug-likeness (QED) is 0.567. The SMILES string of the molecule is C1=C\CCCC(N=C2CCC2)CCCC/1. The maximum absolute atomic E-state index is 4.91. The molecule has 0 heterocycles. The van der Waals surface area contributed by atoms with E-state index in [1.165, 1.54) is 69.9 Å². The van der Waals surface area contributed by atoms with Crippen LogP contribution in [0, 0.1) is 0 Å². The molecule has 0 aliphatic heterocycles. The van der Waals surface area contributed by atoms with Crippen LogP contribution in [-0.2, 0) is 0 Å². The molecule has 84 valence electrons. The minimum absolute atomic E-state index is 0.659. The summed E-state index contributed by atoms with van der Waals surface area (Å²) in [5.74, 6) is 0. The molecular weight excluding hydrogens is 182 g/mol. The highest BCUT2D eigenvalue weighted by Crippen LogP contribution is 2.21. The van der Waals surface area contributed by atoms with Gasteiger partial charge in [0, 0.05) is 11.8 Å². The van der Waals surface area contributed by atoms with Crippen LogP contribution in [-0.4, -0.2) is 11.8 Å². The molecule has 0 bridgehead atoms. The normalized spacial score (nSPS) is 30.4. The molecule has 0 spiro atoms. The molecule has 0 aromatic carbocycles. The van der Waals surface area contributed by atoms with Gasteiger partial charge in [0.25, 0.3) is 0 Å². The first-order chi connectivity index (χ1) is 7.45. The largest absolute Gasteiger partial charge is 0.291 e. The number of hydrogen-bond donors (Lipinski definition) is 0. The Labute approximate surface area is 93.7 Å². The zero-order valence-electron chi connectivity index (χ0n) is 9.75. The van der Waals surface area contributed by atoms with Crippen molar-refractivity contribution in [1.82, 2.24) is 0 Å². The Bertz CT molecular complexity index is 234. The molecule has 0 aromatic rings. The van der Waals surface area contributed by atoms with Gasteiger partial charge in [-0.2, -0.15) is 0 Å². The minimum atomic E-state index is 0.659. The second-order valence-corrected chi connectivity index (χ2v) is 4.89. The van der Waals surface area contributed by atoms with E-state index in [1.807, 2.05) is 0 Å². The highest BCUT2D eigenvalue weighted by molar-refractivity contribution is 5.89. The van der Waals surface area contributed by atoms with Crippen molar-refractivity contribution in [2.45, 2.75) is 70.3 Å². The summed E-state index contributed by atoms with van der Waals surface area (Å²) in [6.07, 6.45) is 17.9. The van der Waals surface area contributed by atoms with Crippen LogP contribution in [0.25, 0.3) is 0 Å². The van der Waals surface area contributed by atoms with Crippen molar-refractivity contribution in [1.29, 1.82) is 0 Å². The molecule has 2 aliphatic carbocycles. The van der Waals surface area contributed by atoms with E-state index in [4.69, 9.17) is 4.99 Å². The van der Waals surface area contributed by atoms with Crippen LogP contribution in [0.15, 0.2) is 17.1 Å². The minimum Gasteiger partial charge on any atom is -0.291 e. The summed E-state index contributed by atoms with van der Waals surface area (Å²) in [4.78, 5) is 4.91. The number of allylic oxidation sites excluding steroid dienone is 2. The molecule has 0 amide bonds. The first kappa shape index (κ1) is 10.9. The summed E-state index contributed by atoms with van der Waals surface area (Å²) < 4.78 is 0. The van der Waals surface area contributed by atoms with E-state index in [0.29, 0.717) is 6.04 Å². The summed E-state index contributed by atoms with van der Waals surface area (Å²) in [5, 5.41) is 0. The van der Waals surface area contributed by atoms with Crippen molar-refractivity contribution in [3.8, 4) is 0 Å². The van der Waals surface area contributed by atoms with Crippen molar-refractivity contribution < 1.29 is 0 Å². The number of rotatable bonds is 1. The van der Waals surface area contributed by atoms with Gasteiger partial charge in [0.2, 0.25) is 0 Å². The fraction of sp³-hybridized carbons (Fsp3) is 0.786. The molecule has 0 N–H and O–H groups in total. The molecule has 2 rings (SSSR count). The Kier molecular flexibility index (Phi) is 4.43. The molecule has 2 aliphatic rings. The van der Waals surface area contributed by atoms with Crippen LogP contribution in [0.1, 0.15) is 64.2 Å². The topological polar surface area (TPSA) is 12.4 Å². The maximum Gasteiger partial charge on any atom is 0.0499 e. The molecule has 1 unspecified atom stereocenters. The Morgan fingerprint density at radius 1 is 0.867 bits per heavy atom. The van der Waals surface area contributed by atoms with Crippen LogP contribution in [0.2, 0.25) is 0 Å². The third-order valence-electron chi connectivity index (χ3n) is 3.53. The van der Waals surface area contributed by atoms with Gasteiger partial charge in [-0.15, -0.1) is 0 Å². The average molecular weight is 205 g/mol. The standard InChI is InChI=1S/C14H23N/c1-2-4-6-9-13(10-7-5-3-1)15-14-11-8-12-14/h1-2,13H,3-12H2/b2-1-. The Morgan fingerprint density at radius 3 is 2.33 bits per heavy atom. The highest BCUT2D eigenvalue weighted by Gasteiger charge is 2.13. The summed E-state index contributed by atoms with van der Waals surface area (Å²) in [6, 6.07) is 0.659. The van der Waals surface area contributed by atoms with E-state index in [-0.39, 0.29) is 0 Å². The first-order valence-corrected chi connectivity index (χ1v) is 6.66. The van der Waals surface area contributed by atoms with Gasteiger partial charge in [-0.05, 0) is 57.8 Å². The van der Waals surface area contributed by atoms with E-state index in [9.17, 15) is 0 Å². The molecule has 0 radical (unpaired) electrons. The smallest absolute Gasteiger partial charge is 0.0499 e. The molecule has 1 atom stereocenters. The summed E-state index contributed by atoms with van der Waals surface area (Å²) in [6.45, 7) is 0. The van der Waals surface area contributed by atoms with Gasteiger partial charge in [-0.3, -0.25) is 4.99 Å². The lowest BCUT2D eigenvalue weighted by Gasteiger charge is -2.20. The summed E-state index contributed by atoms with van der Waals surface area (Å²) >= 11 is 0. The van der Waals surface area contributed by atoms with Crippen LogP contribution < -0.4 is 0 Å². The van der Waals surface area contributed by atoms with E-state index in [1.54, 1.807) is 0 Å². The van der Waals surface area contributed by atoms with E-state index in [2.05, 4.69) is 12.2 Å². The molecular formula is C14H23N.